The van der Waals surface area contributed by atoms with Crippen LogP contribution in [0.4, 0.5) is 0 Å². The second-order valence-electron chi connectivity index (χ2n) is 8.05. The molecule has 1 saturated heterocycles. The molecule has 4 heteroatoms. The molecule has 130 valence electrons. The summed E-state index contributed by atoms with van der Waals surface area (Å²) in [6.07, 6.45) is 8.53. The molecule has 1 heterocycles. The SMILES string of the molecule is CCC1(C)OB(C2CCC(C)CC=C(C)C=C2CO)OC1(C)C. The lowest BCUT2D eigenvalue weighted by molar-refractivity contribution is -0.0119. The second-order valence-corrected chi connectivity index (χ2v) is 8.05. The van der Waals surface area contributed by atoms with Crippen LogP contribution in [0.2, 0.25) is 5.82 Å². The Morgan fingerprint density at radius 1 is 1.26 bits per heavy atom. The molecule has 23 heavy (non-hydrogen) atoms. The maximum atomic E-state index is 9.92. The normalized spacial score (nSPS) is 35.2. The van der Waals surface area contributed by atoms with Crippen LogP contribution < -0.4 is 0 Å². The van der Waals surface area contributed by atoms with Gasteiger partial charge in [-0.1, -0.05) is 38.0 Å². The summed E-state index contributed by atoms with van der Waals surface area (Å²) in [5.74, 6) is 0.766. The zero-order valence-corrected chi connectivity index (χ0v) is 15.7. The molecule has 0 aromatic heterocycles. The number of hydrogen-bond acceptors (Lipinski definition) is 3. The monoisotopic (exact) mass is 320 g/mol. The maximum absolute atomic E-state index is 9.92. The van der Waals surface area contributed by atoms with Gasteiger partial charge in [0.2, 0.25) is 0 Å². The van der Waals surface area contributed by atoms with Crippen LogP contribution in [0.15, 0.2) is 23.3 Å². The largest absolute Gasteiger partial charge is 0.465 e. The molecule has 0 aromatic rings. The molecule has 3 nitrogen and oxygen atoms in total. The van der Waals surface area contributed by atoms with Gasteiger partial charge in [-0.25, -0.2) is 0 Å². The number of hydrogen-bond donors (Lipinski definition) is 1. The van der Waals surface area contributed by atoms with E-state index in [2.05, 4.69) is 53.7 Å². The van der Waals surface area contributed by atoms with Crippen LogP contribution in [-0.4, -0.2) is 30.0 Å². The van der Waals surface area contributed by atoms with Crippen LogP contribution in [0, 0.1) is 5.92 Å². The molecule has 2 aliphatic rings. The van der Waals surface area contributed by atoms with Gasteiger partial charge in [-0.3, -0.25) is 0 Å². The van der Waals surface area contributed by atoms with Gasteiger partial charge in [0.15, 0.2) is 0 Å². The summed E-state index contributed by atoms with van der Waals surface area (Å²) in [6.45, 7) is 13.0. The average molecular weight is 320 g/mol. The highest BCUT2D eigenvalue weighted by Crippen LogP contribution is 2.45. The first-order valence-electron chi connectivity index (χ1n) is 9.06. The predicted molar refractivity (Wildman–Crippen MR) is 96.4 cm³/mol. The van der Waals surface area contributed by atoms with Gasteiger partial charge in [0.25, 0.3) is 0 Å². The molecular weight excluding hydrogens is 287 g/mol. The van der Waals surface area contributed by atoms with Crippen LogP contribution in [0.1, 0.15) is 67.2 Å². The first-order chi connectivity index (χ1) is 10.7. The zero-order chi connectivity index (χ0) is 17.3. The topological polar surface area (TPSA) is 38.7 Å². The molecule has 3 atom stereocenters. The Bertz CT molecular complexity index is 483. The zero-order valence-electron chi connectivity index (χ0n) is 15.7. The van der Waals surface area contributed by atoms with E-state index in [0.717, 1.165) is 31.3 Å². The fourth-order valence-corrected chi connectivity index (χ4v) is 3.60. The molecule has 1 fully saturated rings. The number of aliphatic hydroxyl groups excluding tert-OH is 1. The average Bonchev–Trinajstić information content (AvgIpc) is 2.77. The fraction of sp³-hybridized carbons (Fsp3) is 0.789. The second kappa shape index (κ2) is 7.12. The lowest BCUT2D eigenvalue weighted by Gasteiger charge is -2.35. The third kappa shape index (κ3) is 3.92. The van der Waals surface area contributed by atoms with Crippen LogP contribution in [-0.2, 0) is 9.31 Å². The summed E-state index contributed by atoms with van der Waals surface area (Å²) >= 11 is 0. The Kier molecular flexibility index (Phi) is 5.81. The van der Waals surface area contributed by atoms with E-state index in [1.807, 2.05) is 0 Å². The minimum atomic E-state index is -0.318. The summed E-state index contributed by atoms with van der Waals surface area (Å²) in [5, 5.41) is 9.92. The standard InChI is InChI=1S/C19H33BO3/c1-7-19(6)18(4,5)22-20(23-19)17-11-10-14(2)8-9-15(3)12-16(17)13-21/h9,12,14,17,21H,7-8,10-11,13H2,1-6H3. The third-order valence-corrected chi connectivity index (χ3v) is 5.95. The quantitative estimate of drug-likeness (QED) is 0.777. The smallest absolute Gasteiger partial charge is 0.403 e. The highest BCUT2D eigenvalue weighted by atomic mass is 16.7. The van der Waals surface area contributed by atoms with Crippen molar-refractivity contribution in [3.8, 4) is 0 Å². The lowest BCUT2D eigenvalue weighted by Crippen LogP contribution is -2.44. The third-order valence-electron chi connectivity index (χ3n) is 5.95. The molecule has 3 unspecified atom stereocenters. The molecular formula is C19H33BO3. The molecule has 1 N–H and O–H groups in total. The van der Waals surface area contributed by atoms with Gasteiger partial charge in [0.1, 0.15) is 0 Å². The van der Waals surface area contributed by atoms with E-state index in [0.29, 0.717) is 5.92 Å². The van der Waals surface area contributed by atoms with Crippen LogP contribution >= 0.6 is 0 Å². The van der Waals surface area contributed by atoms with E-state index in [1.165, 1.54) is 5.57 Å². The molecule has 0 amide bonds. The molecule has 0 radical (unpaired) electrons. The van der Waals surface area contributed by atoms with Crippen LogP contribution in [0.5, 0.6) is 0 Å². The fourth-order valence-electron chi connectivity index (χ4n) is 3.60. The van der Waals surface area contributed by atoms with Crippen molar-refractivity contribution in [3.63, 3.8) is 0 Å². The first kappa shape index (κ1) is 18.8. The summed E-state index contributed by atoms with van der Waals surface area (Å²) in [5.41, 5.74) is 1.66. The first-order valence-corrected chi connectivity index (χ1v) is 9.06. The Labute approximate surface area is 142 Å². The van der Waals surface area contributed by atoms with Gasteiger partial charge in [-0.05, 0) is 58.4 Å². The molecule has 0 saturated carbocycles. The summed E-state index contributed by atoms with van der Waals surface area (Å²) in [6, 6.07) is 0. The van der Waals surface area contributed by atoms with Crippen LogP contribution in [0.25, 0.3) is 0 Å². The van der Waals surface area contributed by atoms with Crippen LogP contribution in [0.3, 0.4) is 0 Å². The van der Waals surface area contributed by atoms with Crippen molar-refractivity contribution in [2.45, 2.75) is 84.2 Å². The van der Waals surface area contributed by atoms with E-state index in [9.17, 15) is 5.11 Å². The summed E-state index contributed by atoms with van der Waals surface area (Å²) in [7, 11) is -0.272. The Morgan fingerprint density at radius 3 is 2.52 bits per heavy atom. The Balaban J connectivity index is 2.30. The van der Waals surface area contributed by atoms with Crippen molar-refractivity contribution in [2.75, 3.05) is 6.61 Å². The van der Waals surface area contributed by atoms with Crippen molar-refractivity contribution in [2.24, 2.45) is 5.92 Å². The van der Waals surface area contributed by atoms with Crippen molar-refractivity contribution < 1.29 is 14.4 Å². The number of aliphatic hydroxyl groups is 1. The number of allylic oxidation sites excluding steroid dienone is 3. The minimum Gasteiger partial charge on any atom is -0.403 e. The van der Waals surface area contributed by atoms with Gasteiger partial charge in [0, 0.05) is 5.82 Å². The minimum absolute atomic E-state index is 0.0662. The van der Waals surface area contributed by atoms with Crippen molar-refractivity contribution in [1.29, 1.82) is 0 Å². The summed E-state index contributed by atoms with van der Waals surface area (Å²) in [4.78, 5) is 0. The molecule has 1 aliphatic carbocycles. The summed E-state index contributed by atoms with van der Waals surface area (Å²) < 4.78 is 12.7. The Morgan fingerprint density at radius 2 is 1.96 bits per heavy atom. The maximum Gasteiger partial charge on any atom is 0.465 e. The highest BCUT2D eigenvalue weighted by molar-refractivity contribution is 6.48. The van der Waals surface area contributed by atoms with Crippen molar-refractivity contribution in [3.05, 3.63) is 23.3 Å². The van der Waals surface area contributed by atoms with E-state index in [4.69, 9.17) is 9.31 Å². The number of rotatable bonds is 3. The van der Waals surface area contributed by atoms with Gasteiger partial charge in [0.05, 0.1) is 17.8 Å². The predicted octanol–water partition coefficient (Wildman–Crippen LogP) is 4.52. The van der Waals surface area contributed by atoms with Gasteiger partial charge in [-0.15, -0.1) is 0 Å². The van der Waals surface area contributed by atoms with E-state index in [-0.39, 0.29) is 30.7 Å². The molecule has 1 aliphatic heterocycles. The Hall–Kier alpha value is -0.575. The molecule has 0 spiro atoms. The molecule has 0 aromatic carbocycles. The van der Waals surface area contributed by atoms with Gasteiger partial charge < -0.3 is 14.4 Å². The molecule has 2 rings (SSSR count). The van der Waals surface area contributed by atoms with Crippen molar-refractivity contribution >= 4 is 7.12 Å². The van der Waals surface area contributed by atoms with E-state index in [1.54, 1.807) is 0 Å². The van der Waals surface area contributed by atoms with Gasteiger partial charge in [-0.2, -0.15) is 0 Å². The van der Waals surface area contributed by atoms with Crippen molar-refractivity contribution in [1.82, 2.24) is 0 Å². The van der Waals surface area contributed by atoms with E-state index >= 15 is 0 Å². The lowest BCUT2D eigenvalue weighted by atomic mass is 9.64. The van der Waals surface area contributed by atoms with Gasteiger partial charge >= 0.3 is 7.12 Å². The highest BCUT2D eigenvalue weighted by Gasteiger charge is 2.55. The van der Waals surface area contributed by atoms with E-state index < -0.39 is 0 Å². The molecule has 0 bridgehead atoms.